The van der Waals surface area contributed by atoms with Gasteiger partial charge in [0, 0.05) is 6.42 Å². The Kier molecular flexibility index (Phi) is 5.28. The fraction of sp³-hybridized carbons (Fsp3) is 0.250. The van der Waals surface area contributed by atoms with Gasteiger partial charge in [0.05, 0.1) is 17.6 Å². The van der Waals surface area contributed by atoms with E-state index in [2.05, 4.69) is 0 Å². The van der Waals surface area contributed by atoms with E-state index in [9.17, 15) is 17.9 Å². The maximum atomic E-state index is 12.8. The molecule has 1 N–H and O–H groups in total. The average molecular weight is 324 g/mol. The van der Waals surface area contributed by atoms with E-state index < -0.39 is 16.2 Å². The van der Waals surface area contributed by atoms with Gasteiger partial charge in [0.15, 0.2) is 0 Å². The van der Waals surface area contributed by atoms with Crippen LogP contribution in [0.1, 0.15) is 11.1 Å². The number of aryl methyl sites for hydroxylation is 1. The Bertz CT molecular complexity index is 709. The summed E-state index contributed by atoms with van der Waals surface area (Å²) in [5, 5.41) is 9.84. The number of aliphatic hydroxyl groups is 1. The third-order valence-electron chi connectivity index (χ3n) is 3.11. The quantitative estimate of drug-likeness (QED) is 0.829. The van der Waals surface area contributed by atoms with Crippen molar-refractivity contribution < 1.29 is 22.1 Å². The van der Waals surface area contributed by atoms with Crippen LogP contribution in [0.4, 0.5) is 4.39 Å². The van der Waals surface area contributed by atoms with Gasteiger partial charge in [-0.2, -0.15) is 8.42 Å². The lowest BCUT2D eigenvalue weighted by Gasteiger charge is -2.11. The van der Waals surface area contributed by atoms with Crippen LogP contribution in [0.5, 0.6) is 0 Å². The SMILES string of the molecule is Cc1ccc(S(=O)(=O)OC[C@@H](O)Cc2ccc(F)cc2)cc1. The van der Waals surface area contributed by atoms with E-state index >= 15 is 0 Å². The molecular weight excluding hydrogens is 307 g/mol. The Labute approximate surface area is 129 Å². The highest BCUT2D eigenvalue weighted by Gasteiger charge is 2.17. The van der Waals surface area contributed by atoms with Crippen molar-refractivity contribution in [3.63, 3.8) is 0 Å². The normalized spacial score (nSPS) is 13.0. The summed E-state index contributed by atoms with van der Waals surface area (Å²) in [6, 6.07) is 11.9. The van der Waals surface area contributed by atoms with Gasteiger partial charge in [-0.15, -0.1) is 0 Å². The zero-order valence-corrected chi connectivity index (χ0v) is 12.9. The molecule has 0 amide bonds. The van der Waals surface area contributed by atoms with Gasteiger partial charge in [-0.3, -0.25) is 4.18 Å². The van der Waals surface area contributed by atoms with Gasteiger partial charge in [-0.05, 0) is 36.8 Å². The Hall–Kier alpha value is -1.76. The molecule has 2 aromatic rings. The summed E-state index contributed by atoms with van der Waals surface area (Å²) in [5.74, 6) is -0.364. The lowest BCUT2D eigenvalue weighted by atomic mass is 10.1. The van der Waals surface area contributed by atoms with Gasteiger partial charge in [-0.25, -0.2) is 4.39 Å². The molecular formula is C16H17FO4S. The van der Waals surface area contributed by atoms with Crippen LogP contribution in [-0.4, -0.2) is 26.2 Å². The van der Waals surface area contributed by atoms with Crippen molar-refractivity contribution >= 4 is 10.1 Å². The van der Waals surface area contributed by atoms with Crippen LogP contribution in [0.25, 0.3) is 0 Å². The molecule has 22 heavy (non-hydrogen) atoms. The van der Waals surface area contributed by atoms with Gasteiger partial charge in [-0.1, -0.05) is 29.8 Å². The van der Waals surface area contributed by atoms with Crippen molar-refractivity contribution in [2.24, 2.45) is 0 Å². The van der Waals surface area contributed by atoms with Crippen molar-refractivity contribution in [3.8, 4) is 0 Å². The zero-order valence-electron chi connectivity index (χ0n) is 12.1. The van der Waals surface area contributed by atoms with Crippen LogP contribution < -0.4 is 0 Å². The van der Waals surface area contributed by atoms with Gasteiger partial charge in [0.1, 0.15) is 5.82 Å². The Balaban J connectivity index is 1.93. The molecule has 0 fully saturated rings. The smallest absolute Gasteiger partial charge is 0.297 e. The predicted molar refractivity (Wildman–Crippen MR) is 80.4 cm³/mol. The fourth-order valence-electron chi connectivity index (χ4n) is 1.89. The van der Waals surface area contributed by atoms with Gasteiger partial charge >= 0.3 is 0 Å². The van der Waals surface area contributed by atoms with Crippen LogP contribution in [0.3, 0.4) is 0 Å². The number of rotatable bonds is 6. The minimum Gasteiger partial charge on any atom is -0.390 e. The van der Waals surface area contributed by atoms with E-state index in [0.717, 1.165) is 5.56 Å². The molecule has 6 heteroatoms. The van der Waals surface area contributed by atoms with Crippen molar-refractivity contribution in [1.29, 1.82) is 0 Å². The van der Waals surface area contributed by atoms with Gasteiger partial charge < -0.3 is 5.11 Å². The number of hydrogen-bond donors (Lipinski definition) is 1. The van der Waals surface area contributed by atoms with E-state index in [1.165, 1.54) is 36.4 Å². The molecule has 1 atom stereocenters. The number of aliphatic hydroxyl groups excluding tert-OH is 1. The predicted octanol–water partition coefficient (Wildman–Crippen LogP) is 2.44. The number of hydrogen-bond acceptors (Lipinski definition) is 4. The highest BCUT2D eigenvalue weighted by atomic mass is 32.2. The molecule has 0 heterocycles. The molecule has 0 spiro atoms. The molecule has 0 saturated heterocycles. The summed E-state index contributed by atoms with van der Waals surface area (Å²) in [6.45, 7) is 1.50. The Morgan fingerprint density at radius 1 is 1.09 bits per heavy atom. The molecule has 0 aliphatic heterocycles. The highest BCUT2D eigenvalue weighted by Crippen LogP contribution is 2.14. The summed E-state index contributed by atoms with van der Waals surface area (Å²) in [7, 11) is -3.89. The Morgan fingerprint density at radius 2 is 1.68 bits per heavy atom. The van der Waals surface area contributed by atoms with Crippen LogP contribution in [0, 0.1) is 12.7 Å². The van der Waals surface area contributed by atoms with Crippen molar-refractivity contribution in [2.75, 3.05) is 6.61 Å². The third kappa shape index (κ3) is 4.62. The first-order valence-electron chi connectivity index (χ1n) is 6.75. The zero-order chi connectivity index (χ0) is 16.2. The topological polar surface area (TPSA) is 63.6 Å². The Morgan fingerprint density at radius 3 is 2.27 bits per heavy atom. The lowest BCUT2D eigenvalue weighted by molar-refractivity contribution is 0.111. The van der Waals surface area contributed by atoms with E-state index in [1.54, 1.807) is 12.1 Å². The second kappa shape index (κ2) is 7.00. The van der Waals surface area contributed by atoms with Crippen LogP contribution >= 0.6 is 0 Å². The van der Waals surface area contributed by atoms with Gasteiger partial charge in [0.25, 0.3) is 10.1 Å². The van der Waals surface area contributed by atoms with Crippen LogP contribution in [-0.2, 0) is 20.7 Å². The third-order valence-corrected chi connectivity index (χ3v) is 4.41. The molecule has 0 saturated carbocycles. The maximum absolute atomic E-state index is 12.8. The first kappa shape index (κ1) is 16.6. The van der Waals surface area contributed by atoms with Crippen LogP contribution in [0.15, 0.2) is 53.4 Å². The minimum absolute atomic E-state index is 0.0482. The summed E-state index contributed by atoms with van der Waals surface area (Å²) in [5.41, 5.74) is 1.64. The molecule has 2 rings (SSSR count). The molecule has 4 nitrogen and oxygen atoms in total. The molecule has 0 unspecified atom stereocenters. The standard InChI is InChI=1S/C16H17FO4S/c1-12-2-8-16(9-3-12)22(19,20)21-11-15(18)10-13-4-6-14(17)7-5-13/h2-9,15,18H,10-11H2,1H3/t15-/m0/s1. The molecule has 0 aliphatic rings. The van der Waals surface area contributed by atoms with E-state index in [-0.39, 0.29) is 23.7 Å². The van der Waals surface area contributed by atoms with Crippen molar-refractivity contribution in [1.82, 2.24) is 0 Å². The number of benzene rings is 2. The molecule has 0 bridgehead atoms. The second-order valence-electron chi connectivity index (χ2n) is 5.04. The minimum atomic E-state index is -3.89. The summed E-state index contributed by atoms with van der Waals surface area (Å²) in [6.07, 6.45) is -0.811. The first-order chi connectivity index (χ1) is 10.4. The fourth-order valence-corrected chi connectivity index (χ4v) is 2.83. The maximum Gasteiger partial charge on any atom is 0.297 e. The lowest BCUT2D eigenvalue weighted by Crippen LogP contribution is -2.21. The average Bonchev–Trinajstić information content (AvgIpc) is 2.48. The van der Waals surface area contributed by atoms with Gasteiger partial charge in [0.2, 0.25) is 0 Å². The highest BCUT2D eigenvalue weighted by molar-refractivity contribution is 7.86. The van der Waals surface area contributed by atoms with E-state index in [1.807, 2.05) is 6.92 Å². The largest absolute Gasteiger partial charge is 0.390 e. The van der Waals surface area contributed by atoms with Crippen LogP contribution in [0.2, 0.25) is 0 Å². The van der Waals surface area contributed by atoms with E-state index in [0.29, 0.717) is 5.56 Å². The molecule has 2 aromatic carbocycles. The summed E-state index contributed by atoms with van der Waals surface area (Å²) in [4.78, 5) is 0.0482. The monoisotopic (exact) mass is 324 g/mol. The van der Waals surface area contributed by atoms with E-state index in [4.69, 9.17) is 4.18 Å². The summed E-state index contributed by atoms with van der Waals surface area (Å²) >= 11 is 0. The second-order valence-corrected chi connectivity index (χ2v) is 6.65. The molecule has 118 valence electrons. The first-order valence-corrected chi connectivity index (χ1v) is 8.16. The molecule has 0 aliphatic carbocycles. The van der Waals surface area contributed by atoms with Crippen molar-refractivity contribution in [2.45, 2.75) is 24.3 Å². The number of halogens is 1. The summed E-state index contributed by atoms with van der Waals surface area (Å²) < 4.78 is 41.6. The molecule has 0 radical (unpaired) electrons. The molecule has 0 aromatic heterocycles. The van der Waals surface area contributed by atoms with Crippen molar-refractivity contribution in [3.05, 3.63) is 65.5 Å².